The lowest BCUT2D eigenvalue weighted by Crippen LogP contribution is -2.42. The Hall–Kier alpha value is -2.82. The van der Waals surface area contributed by atoms with Gasteiger partial charge in [0.15, 0.2) is 0 Å². The van der Waals surface area contributed by atoms with Crippen LogP contribution >= 0.6 is 0 Å². The molecule has 2 aliphatic rings. The van der Waals surface area contributed by atoms with Crippen LogP contribution < -0.4 is 9.80 Å². The molecule has 5 nitrogen and oxygen atoms in total. The molecule has 0 aliphatic carbocycles. The van der Waals surface area contributed by atoms with E-state index in [-0.39, 0.29) is 11.3 Å². The van der Waals surface area contributed by atoms with Crippen LogP contribution in [0.4, 0.5) is 11.4 Å². The maximum absolute atomic E-state index is 12.7. The first-order valence-electron chi connectivity index (χ1n) is 10.1. The van der Waals surface area contributed by atoms with Gasteiger partial charge < -0.3 is 14.9 Å². The largest absolute Gasteiger partial charge is 0.478 e. The van der Waals surface area contributed by atoms with E-state index in [1.54, 1.807) is 6.92 Å². The van der Waals surface area contributed by atoms with Gasteiger partial charge in [-0.3, -0.25) is 4.79 Å². The topological polar surface area (TPSA) is 60.9 Å². The zero-order chi connectivity index (χ0) is 21.3. The minimum Gasteiger partial charge on any atom is -0.478 e. The Morgan fingerprint density at radius 3 is 2.66 bits per heavy atom. The summed E-state index contributed by atoms with van der Waals surface area (Å²) in [4.78, 5) is 27.6. The average molecular weight is 395 g/mol. The van der Waals surface area contributed by atoms with Crippen LogP contribution in [0.3, 0.4) is 0 Å². The Bertz CT molecular complexity index is 938. The number of allylic oxidation sites excluding steroid dienone is 4. The fourth-order valence-corrected chi connectivity index (χ4v) is 4.24. The Kier molecular flexibility index (Phi) is 5.69. The normalized spacial score (nSPS) is 20.2. The van der Waals surface area contributed by atoms with Crippen molar-refractivity contribution >= 4 is 28.8 Å². The fourth-order valence-electron chi connectivity index (χ4n) is 4.24. The molecule has 0 fully saturated rings. The van der Waals surface area contributed by atoms with Crippen molar-refractivity contribution in [1.82, 2.24) is 0 Å². The highest BCUT2D eigenvalue weighted by Gasteiger charge is 2.37. The highest BCUT2D eigenvalue weighted by Crippen LogP contribution is 2.46. The van der Waals surface area contributed by atoms with Crippen molar-refractivity contribution in [3.63, 3.8) is 0 Å². The molecule has 5 heteroatoms. The summed E-state index contributed by atoms with van der Waals surface area (Å²) < 4.78 is 0. The number of amides is 1. The van der Waals surface area contributed by atoms with E-state index in [1.807, 2.05) is 24.0 Å². The van der Waals surface area contributed by atoms with E-state index in [0.717, 1.165) is 24.2 Å². The first-order valence-corrected chi connectivity index (χ1v) is 10.1. The maximum Gasteiger partial charge on any atom is 0.328 e. The number of nitrogens with zero attached hydrogens (tertiary/aromatic N) is 2. The summed E-state index contributed by atoms with van der Waals surface area (Å²) in [5.41, 5.74) is 6.27. The number of benzene rings is 1. The number of aliphatic carboxylic acids is 1. The van der Waals surface area contributed by atoms with Crippen molar-refractivity contribution < 1.29 is 14.7 Å². The van der Waals surface area contributed by atoms with E-state index >= 15 is 0 Å². The molecule has 0 aromatic heterocycles. The molecule has 1 aromatic carbocycles. The number of fused-ring (bicyclic) bond motifs is 2. The SMILES string of the molecule is CCN1C(=O)CC(C)(C)c2cc3c(cc21)\C(=C/C=C/C(C)=C/C(=O)O)CCN3C. The summed E-state index contributed by atoms with van der Waals surface area (Å²) in [6.45, 7) is 9.66. The van der Waals surface area contributed by atoms with Crippen molar-refractivity contribution in [2.75, 3.05) is 29.9 Å². The van der Waals surface area contributed by atoms with Gasteiger partial charge in [0.1, 0.15) is 0 Å². The molecule has 0 unspecified atom stereocenters. The summed E-state index contributed by atoms with van der Waals surface area (Å²) in [6, 6.07) is 4.42. The Morgan fingerprint density at radius 1 is 1.28 bits per heavy atom. The first-order chi connectivity index (χ1) is 13.6. The Morgan fingerprint density at radius 2 is 2.00 bits per heavy atom. The van der Waals surface area contributed by atoms with Crippen LogP contribution in [-0.4, -0.2) is 37.1 Å². The second-order valence-electron chi connectivity index (χ2n) is 8.53. The molecule has 1 N–H and O–H groups in total. The van der Waals surface area contributed by atoms with E-state index in [9.17, 15) is 9.59 Å². The third-order valence-electron chi connectivity index (χ3n) is 5.83. The summed E-state index contributed by atoms with van der Waals surface area (Å²) >= 11 is 0. The second kappa shape index (κ2) is 7.90. The number of carbonyl (C=O) groups is 2. The Labute approximate surface area is 173 Å². The number of anilines is 2. The van der Waals surface area contributed by atoms with Gasteiger partial charge in [-0.1, -0.05) is 32.1 Å². The van der Waals surface area contributed by atoms with E-state index in [1.165, 1.54) is 22.9 Å². The molecule has 0 radical (unpaired) electrons. The zero-order valence-corrected chi connectivity index (χ0v) is 18.0. The van der Waals surface area contributed by atoms with E-state index < -0.39 is 5.97 Å². The molecule has 2 heterocycles. The van der Waals surface area contributed by atoms with Crippen LogP contribution in [0, 0.1) is 0 Å². The lowest BCUT2D eigenvalue weighted by atomic mass is 9.75. The minimum absolute atomic E-state index is 0.175. The third-order valence-corrected chi connectivity index (χ3v) is 5.83. The van der Waals surface area contributed by atoms with Gasteiger partial charge in [-0.15, -0.1) is 0 Å². The molecule has 0 saturated carbocycles. The molecule has 0 bridgehead atoms. The highest BCUT2D eigenvalue weighted by atomic mass is 16.4. The maximum atomic E-state index is 12.7. The number of carboxylic acids is 1. The van der Waals surface area contributed by atoms with E-state index in [0.29, 0.717) is 18.5 Å². The average Bonchev–Trinajstić information content (AvgIpc) is 2.62. The van der Waals surface area contributed by atoms with Gasteiger partial charge in [-0.25, -0.2) is 4.79 Å². The quantitative estimate of drug-likeness (QED) is 0.602. The predicted octanol–water partition coefficient (Wildman–Crippen LogP) is 4.53. The van der Waals surface area contributed by atoms with Gasteiger partial charge in [0.25, 0.3) is 0 Å². The molecule has 154 valence electrons. The predicted molar refractivity (Wildman–Crippen MR) is 119 cm³/mol. The zero-order valence-electron chi connectivity index (χ0n) is 18.0. The molecule has 1 amide bonds. The van der Waals surface area contributed by atoms with Crippen molar-refractivity contribution in [1.29, 1.82) is 0 Å². The summed E-state index contributed by atoms with van der Waals surface area (Å²) in [6.07, 6.45) is 8.40. The lowest BCUT2D eigenvalue weighted by Gasteiger charge is -2.41. The van der Waals surface area contributed by atoms with Crippen LogP contribution in [0.5, 0.6) is 0 Å². The van der Waals surface area contributed by atoms with Crippen LogP contribution in [0.1, 0.15) is 51.7 Å². The fraction of sp³-hybridized carbons (Fsp3) is 0.417. The molecule has 3 rings (SSSR count). The van der Waals surface area contributed by atoms with Crippen LogP contribution in [-0.2, 0) is 15.0 Å². The van der Waals surface area contributed by atoms with Crippen molar-refractivity contribution in [2.24, 2.45) is 0 Å². The third kappa shape index (κ3) is 4.14. The van der Waals surface area contributed by atoms with Crippen LogP contribution in [0.2, 0.25) is 0 Å². The van der Waals surface area contributed by atoms with Gasteiger partial charge in [-0.2, -0.15) is 0 Å². The molecule has 1 aromatic rings. The van der Waals surface area contributed by atoms with Gasteiger partial charge in [0.05, 0.1) is 0 Å². The van der Waals surface area contributed by atoms with Crippen molar-refractivity contribution in [2.45, 2.75) is 46.0 Å². The summed E-state index contributed by atoms with van der Waals surface area (Å²) in [5.74, 6) is -0.767. The monoisotopic (exact) mass is 394 g/mol. The highest BCUT2D eigenvalue weighted by molar-refractivity contribution is 5.99. The first kappa shape index (κ1) is 20.9. The Balaban J connectivity index is 2.09. The summed E-state index contributed by atoms with van der Waals surface area (Å²) in [5, 5.41) is 8.85. The molecule has 0 atom stereocenters. The minimum atomic E-state index is -0.942. The number of carbonyl (C=O) groups excluding carboxylic acids is 1. The van der Waals surface area contributed by atoms with E-state index in [2.05, 4.69) is 44.0 Å². The molecule has 29 heavy (non-hydrogen) atoms. The van der Waals surface area contributed by atoms with Crippen LogP contribution in [0.25, 0.3) is 5.57 Å². The number of rotatable bonds is 4. The number of hydrogen-bond acceptors (Lipinski definition) is 3. The van der Waals surface area contributed by atoms with Gasteiger partial charge in [0, 0.05) is 55.0 Å². The molecule has 2 aliphatic heterocycles. The van der Waals surface area contributed by atoms with Gasteiger partial charge in [-0.05, 0) is 49.1 Å². The van der Waals surface area contributed by atoms with Gasteiger partial charge in [0.2, 0.25) is 5.91 Å². The van der Waals surface area contributed by atoms with E-state index in [4.69, 9.17) is 5.11 Å². The second-order valence-corrected chi connectivity index (χ2v) is 8.53. The molecular weight excluding hydrogens is 364 g/mol. The van der Waals surface area contributed by atoms with Crippen molar-refractivity contribution in [3.8, 4) is 0 Å². The molecule has 0 spiro atoms. The van der Waals surface area contributed by atoms with Crippen molar-refractivity contribution in [3.05, 3.63) is 53.1 Å². The smallest absolute Gasteiger partial charge is 0.328 e. The molecule has 0 saturated heterocycles. The standard InChI is InChI=1S/C24H30N2O3/c1-6-26-21-13-18-17(9-7-8-16(2)12-23(28)29)10-11-25(5)20(18)14-19(21)24(3,4)15-22(26)27/h7-9,12-14H,6,10-11,15H2,1-5H3,(H,28,29)/b8-7+,16-12+,17-9-. The summed E-state index contributed by atoms with van der Waals surface area (Å²) in [7, 11) is 2.11. The molecular formula is C24H30N2O3. The lowest BCUT2D eigenvalue weighted by molar-refractivity contribution is -0.131. The number of carboxylic acid groups (broad SMARTS) is 1. The number of hydrogen-bond donors (Lipinski definition) is 1. The van der Waals surface area contributed by atoms with Gasteiger partial charge >= 0.3 is 5.97 Å². The van der Waals surface area contributed by atoms with Crippen LogP contribution in [0.15, 0.2) is 42.0 Å².